The lowest BCUT2D eigenvalue weighted by Crippen LogP contribution is -2.48. The number of tetrazole rings is 1. The molecule has 0 spiro atoms. The third-order valence-electron chi connectivity index (χ3n) is 4.79. The Kier molecular flexibility index (Phi) is 4.92. The molecule has 3 saturated heterocycles. The number of fused-ring (bicyclic) bond motifs is 4. The fraction of sp³-hybridized carbons (Fsp3) is 0.688. The second-order valence-corrected chi connectivity index (χ2v) is 6.82. The zero-order chi connectivity index (χ0) is 17.1. The number of rotatable bonds is 5. The third kappa shape index (κ3) is 3.63. The summed E-state index contributed by atoms with van der Waals surface area (Å²) >= 11 is 0. The molecule has 0 aliphatic carbocycles. The van der Waals surface area contributed by atoms with Crippen molar-refractivity contribution in [3.05, 3.63) is 18.0 Å². The van der Waals surface area contributed by atoms with Gasteiger partial charge >= 0.3 is 0 Å². The van der Waals surface area contributed by atoms with E-state index in [1.165, 1.54) is 11.9 Å². The Balaban J connectivity index is 1.64. The zero-order valence-corrected chi connectivity index (χ0v) is 14.3. The summed E-state index contributed by atoms with van der Waals surface area (Å²) in [6, 6.07) is 0.129. The number of hydrogen-bond acceptors (Lipinski definition) is 5. The average molecular weight is 332 g/mol. The van der Waals surface area contributed by atoms with Gasteiger partial charge in [0.25, 0.3) is 0 Å². The van der Waals surface area contributed by atoms with Crippen LogP contribution in [0.1, 0.15) is 33.1 Å². The maximum Gasteiger partial charge on any atom is 0.228 e. The lowest BCUT2D eigenvalue weighted by atomic mass is 9.94. The smallest absolute Gasteiger partial charge is 0.228 e. The van der Waals surface area contributed by atoms with Crippen molar-refractivity contribution in [1.29, 1.82) is 0 Å². The number of hydrogen-bond donors (Lipinski definition) is 0. The molecule has 24 heavy (non-hydrogen) atoms. The maximum absolute atomic E-state index is 12.7. The van der Waals surface area contributed by atoms with Gasteiger partial charge in [-0.05, 0) is 37.1 Å². The van der Waals surface area contributed by atoms with Crippen molar-refractivity contribution in [1.82, 2.24) is 30.0 Å². The Morgan fingerprint density at radius 1 is 1.33 bits per heavy atom. The normalized spacial score (nSPS) is 23.3. The molecular weight excluding hydrogens is 308 g/mol. The van der Waals surface area contributed by atoms with E-state index in [9.17, 15) is 9.59 Å². The zero-order valence-electron chi connectivity index (χ0n) is 14.3. The molecule has 2 bridgehead atoms. The predicted octanol–water partition coefficient (Wildman–Crippen LogP) is 0.479. The number of carbonyl (C=O) groups is 2. The Labute approximate surface area is 141 Å². The van der Waals surface area contributed by atoms with Crippen LogP contribution in [-0.2, 0) is 16.1 Å². The van der Waals surface area contributed by atoms with Crippen molar-refractivity contribution in [2.45, 2.75) is 45.7 Å². The van der Waals surface area contributed by atoms with Crippen LogP contribution >= 0.6 is 0 Å². The summed E-state index contributed by atoms with van der Waals surface area (Å²) in [5, 5.41) is 10.9. The van der Waals surface area contributed by atoms with Gasteiger partial charge in [-0.2, -0.15) is 0 Å². The molecule has 8 nitrogen and oxygen atoms in total. The molecule has 4 heterocycles. The quantitative estimate of drug-likeness (QED) is 0.732. The van der Waals surface area contributed by atoms with E-state index in [0.29, 0.717) is 32.6 Å². The first kappa shape index (κ1) is 16.6. The number of amides is 2. The van der Waals surface area contributed by atoms with Crippen LogP contribution in [0, 0.1) is 5.92 Å². The minimum absolute atomic E-state index is 0.0636. The summed E-state index contributed by atoms with van der Waals surface area (Å²) < 4.78 is 1.55. The molecule has 8 heteroatoms. The van der Waals surface area contributed by atoms with Gasteiger partial charge in [0.05, 0.1) is 12.5 Å². The highest BCUT2D eigenvalue weighted by molar-refractivity contribution is 5.83. The van der Waals surface area contributed by atoms with E-state index in [2.05, 4.69) is 21.6 Å². The fourth-order valence-corrected chi connectivity index (χ4v) is 3.42. The van der Waals surface area contributed by atoms with E-state index in [0.717, 1.165) is 12.8 Å². The van der Waals surface area contributed by atoms with E-state index in [1.807, 2.05) is 23.6 Å². The lowest BCUT2D eigenvalue weighted by molar-refractivity contribution is -0.139. The highest BCUT2D eigenvalue weighted by atomic mass is 16.2. The van der Waals surface area contributed by atoms with Crippen LogP contribution in [0.15, 0.2) is 18.0 Å². The highest BCUT2D eigenvalue weighted by Gasteiger charge is 2.41. The van der Waals surface area contributed by atoms with E-state index in [1.54, 1.807) is 4.68 Å². The number of carbonyl (C=O) groups excluding carboxylic acids is 2. The van der Waals surface area contributed by atoms with Crippen molar-refractivity contribution >= 4 is 11.8 Å². The first-order valence-electron chi connectivity index (χ1n) is 8.47. The van der Waals surface area contributed by atoms with Gasteiger partial charge in [0.1, 0.15) is 6.33 Å². The van der Waals surface area contributed by atoms with Crippen molar-refractivity contribution in [2.24, 2.45) is 5.92 Å². The Morgan fingerprint density at radius 3 is 2.88 bits per heavy atom. The van der Waals surface area contributed by atoms with E-state index in [4.69, 9.17) is 0 Å². The van der Waals surface area contributed by atoms with Crippen LogP contribution in [0.25, 0.3) is 0 Å². The monoisotopic (exact) mass is 332 g/mol. The molecule has 130 valence electrons. The minimum Gasteiger partial charge on any atom is -0.340 e. The van der Waals surface area contributed by atoms with Crippen molar-refractivity contribution in [3.8, 4) is 0 Å². The third-order valence-corrected chi connectivity index (χ3v) is 4.79. The standard InChI is InChI=1S/C16H24N6O2/c1-12(2)5-8-22-14-4-3-13(16(22)24)9-20(10-14)15(23)6-7-21-11-17-18-19-21/h5,11,13-14H,3-4,6-10H2,1-2H3/t13-,14+/m0/s1. The van der Waals surface area contributed by atoms with Crippen LogP contribution in [0.3, 0.4) is 0 Å². The molecule has 4 rings (SSSR count). The predicted molar refractivity (Wildman–Crippen MR) is 86.7 cm³/mol. The second-order valence-electron chi connectivity index (χ2n) is 6.82. The number of aryl methyl sites for hydroxylation is 1. The molecule has 0 N–H and O–H groups in total. The largest absolute Gasteiger partial charge is 0.340 e. The first-order chi connectivity index (χ1) is 11.5. The number of nitrogens with zero attached hydrogens (tertiary/aromatic N) is 6. The Hall–Kier alpha value is -2.25. The highest BCUT2D eigenvalue weighted by Crippen LogP contribution is 2.29. The summed E-state index contributed by atoms with van der Waals surface area (Å²) in [4.78, 5) is 29.0. The van der Waals surface area contributed by atoms with Crippen LogP contribution in [0.2, 0.25) is 0 Å². The molecule has 2 atom stereocenters. The first-order valence-corrected chi connectivity index (χ1v) is 8.47. The molecule has 2 amide bonds. The van der Waals surface area contributed by atoms with Crippen LogP contribution in [0.4, 0.5) is 0 Å². The summed E-state index contributed by atoms with van der Waals surface area (Å²) in [5.41, 5.74) is 1.21. The molecule has 0 saturated carbocycles. The Bertz CT molecular complexity index is 623. The van der Waals surface area contributed by atoms with Crippen LogP contribution < -0.4 is 0 Å². The Morgan fingerprint density at radius 2 is 2.17 bits per heavy atom. The molecule has 1 aromatic heterocycles. The summed E-state index contributed by atoms with van der Waals surface area (Å²) in [6.45, 7) is 6.36. The SMILES string of the molecule is CC(C)=CCN1C(=O)[C@H]2CC[C@@H]1CN(C(=O)CCn1cnnn1)C2. The minimum atomic E-state index is -0.0636. The lowest BCUT2D eigenvalue weighted by Gasteiger charge is -2.35. The fourth-order valence-electron chi connectivity index (χ4n) is 3.42. The molecule has 3 aliphatic rings. The van der Waals surface area contributed by atoms with Gasteiger partial charge in [-0.15, -0.1) is 5.10 Å². The van der Waals surface area contributed by atoms with Gasteiger partial charge in [-0.3, -0.25) is 9.59 Å². The summed E-state index contributed by atoms with van der Waals surface area (Å²) in [6.07, 6.45) is 5.80. The van der Waals surface area contributed by atoms with Gasteiger partial charge in [0, 0.05) is 32.1 Å². The van der Waals surface area contributed by atoms with Crippen LogP contribution in [-0.4, -0.2) is 67.5 Å². The number of piperidine rings is 1. The average Bonchev–Trinajstić information content (AvgIpc) is 2.92. The van der Waals surface area contributed by atoms with Gasteiger partial charge < -0.3 is 9.80 Å². The number of aromatic nitrogens is 4. The maximum atomic E-state index is 12.7. The molecular formula is C16H24N6O2. The van der Waals surface area contributed by atoms with Crippen molar-refractivity contribution in [3.63, 3.8) is 0 Å². The summed E-state index contributed by atoms with van der Waals surface area (Å²) in [5.74, 6) is 0.199. The molecule has 1 aromatic rings. The second kappa shape index (κ2) is 7.11. The van der Waals surface area contributed by atoms with Gasteiger partial charge in [0.15, 0.2) is 0 Å². The summed E-state index contributed by atoms with van der Waals surface area (Å²) in [7, 11) is 0. The van der Waals surface area contributed by atoms with Gasteiger partial charge in [-0.1, -0.05) is 11.6 Å². The van der Waals surface area contributed by atoms with Crippen LogP contribution in [0.5, 0.6) is 0 Å². The van der Waals surface area contributed by atoms with Crippen molar-refractivity contribution < 1.29 is 9.59 Å². The molecule has 3 aliphatic heterocycles. The molecule has 0 radical (unpaired) electrons. The van der Waals surface area contributed by atoms with Crippen molar-refractivity contribution in [2.75, 3.05) is 19.6 Å². The van der Waals surface area contributed by atoms with E-state index < -0.39 is 0 Å². The molecule has 0 unspecified atom stereocenters. The number of allylic oxidation sites excluding steroid dienone is 1. The molecule has 3 fully saturated rings. The molecule has 0 aromatic carbocycles. The topological polar surface area (TPSA) is 84.2 Å². The van der Waals surface area contributed by atoms with Gasteiger partial charge in [0.2, 0.25) is 11.8 Å². The van der Waals surface area contributed by atoms with E-state index >= 15 is 0 Å². The van der Waals surface area contributed by atoms with Gasteiger partial charge in [-0.25, -0.2) is 4.68 Å². The van der Waals surface area contributed by atoms with E-state index in [-0.39, 0.29) is 23.8 Å².